The van der Waals surface area contributed by atoms with Gasteiger partial charge in [-0.1, -0.05) is 12.1 Å². The Balaban J connectivity index is 1.89. The van der Waals surface area contributed by atoms with Crippen LogP contribution in [-0.2, 0) is 0 Å². The zero-order valence-corrected chi connectivity index (χ0v) is 7.79. The molecule has 2 aliphatic rings. The van der Waals surface area contributed by atoms with Gasteiger partial charge in [0.25, 0.3) is 0 Å². The molecule has 1 aromatic carbocycles. The molecule has 0 aromatic heterocycles. The highest BCUT2D eigenvalue weighted by Crippen LogP contribution is 2.36. The summed E-state index contributed by atoms with van der Waals surface area (Å²) < 4.78 is 18.6. The van der Waals surface area contributed by atoms with Gasteiger partial charge in [0.2, 0.25) is 0 Å². The number of halogens is 1. The summed E-state index contributed by atoms with van der Waals surface area (Å²) in [4.78, 5) is 0. The number of nitrogens with one attached hydrogen (secondary N) is 1. The smallest absolute Gasteiger partial charge is 0.165 e. The summed E-state index contributed by atoms with van der Waals surface area (Å²) in [5.41, 5.74) is 0.969. The normalized spacial score (nSPS) is 24.5. The number of hydrogen-bond acceptors (Lipinski definition) is 2. The van der Waals surface area contributed by atoms with Crippen molar-refractivity contribution in [2.24, 2.45) is 0 Å². The number of hydrogen-bond donors (Lipinski definition) is 1. The van der Waals surface area contributed by atoms with Crippen LogP contribution >= 0.6 is 0 Å². The maximum Gasteiger partial charge on any atom is 0.165 e. The number of fused-ring (bicyclic) bond motifs is 1. The lowest BCUT2D eigenvalue weighted by molar-refractivity contribution is 0.299. The Hall–Kier alpha value is -1.09. The summed E-state index contributed by atoms with van der Waals surface area (Å²) in [6, 6.07) is 5.93. The Labute approximate surface area is 82.1 Å². The number of ether oxygens (including phenoxy) is 1. The molecule has 1 aliphatic carbocycles. The van der Waals surface area contributed by atoms with E-state index < -0.39 is 0 Å². The van der Waals surface area contributed by atoms with E-state index in [9.17, 15) is 4.39 Å². The first-order valence-electron chi connectivity index (χ1n) is 5.02. The molecule has 0 spiro atoms. The fourth-order valence-electron chi connectivity index (χ4n) is 1.88. The number of para-hydroxylation sites is 1. The summed E-state index contributed by atoms with van der Waals surface area (Å²) in [6.45, 7) is 0.562. The first-order valence-corrected chi connectivity index (χ1v) is 5.02. The molecular weight excluding hydrogens is 181 g/mol. The number of rotatable bonds is 2. The Bertz CT molecular complexity index is 362. The molecule has 3 heteroatoms. The van der Waals surface area contributed by atoms with Crippen LogP contribution in [0.3, 0.4) is 0 Å². The van der Waals surface area contributed by atoms with E-state index in [0.29, 0.717) is 18.4 Å². The van der Waals surface area contributed by atoms with E-state index in [0.717, 1.165) is 5.56 Å². The summed E-state index contributed by atoms with van der Waals surface area (Å²) in [5.74, 6) is 0.188. The Morgan fingerprint density at radius 1 is 1.36 bits per heavy atom. The Morgan fingerprint density at radius 3 is 3.00 bits per heavy atom. The maximum atomic E-state index is 13.3. The van der Waals surface area contributed by atoms with Crippen molar-refractivity contribution in [1.82, 2.24) is 5.32 Å². The second-order valence-electron chi connectivity index (χ2n) is 3.96. The van der Waals surface area contributed by atoms with E-state index >= 15 is 0 Å². The van der Waals surface area contributed by atoms with Gasteiger partial charge in [-0.15, -0.1) is 0 Å². The van der Waals surface area contributed by atoms with E-state index in [1.54, 1.807) is 6.07 Å². The predicted octanol–water partition coefficient (Wildman–Crippen LogP) is 2.01. The van der Waals surface area contributed by atoms with Crippen molar-refractivity contribution in [3.63, 3.8) is 0 Å². The molecule has 14 heavy (non-hydrogen) atoms. The van der Waals surface area contributed by atoms with Gasteiger partial charge in [0.05, 0.1) is 6.04 Å². The molecule has 2 nitrogen and oxygen atoms in total. The lowest BCUT2D eigenvalue weighted by atomic mass is 10.1. The van der Waals surface area contributed by atoms with E-state index in [4.69, 9.17) is 4.74 Å². The molecule has 3 rings (SSSR count). The summed E-state index contributed by atoms with van der Waals surface area (Å²) in [6.07, 6.45) is 2.47. The Kier molecular flexibility index (Phi) is 1.74. The van der Waals surface area contributed by atoms with Crippen molar-refractivity contribution >= 4 is 0 Å². The van der Waals surface area contributed by atoms with Crippen LogP contribution in [0.2, 0.25) is 0 Å². The van der Waals surface area contributed by atoms with E-state index in [-0.39, 0.29) is 11.9 Å². The van der Waals surface area contributed by atoms with Gasteiger partial charge in [-0.3, -0.25) is 0 Å². The van der Waals surface area contributed by atoms with Crippen molar-refractivity contribution < 1.29 is 9.13 Å². The van der Waals surface area contributed by atoms with Crippen LogP contribution in [0.25, 0.3) is 0 Å². The Morgan fingerprint density at radius 2 is 2.21 bits per heavy atom. The predicted molar refractivity (Wildman–Crippen MR) is 50.8 cm³/mol. The van der Waals surface area contributed by atoms with E-state index in [2.05, 4.69) is 5.32 Å². The number of benzene rings is 1. The first kappa shape index (κ1) is 8.24. The highest BCUT2D eigenvalue weighted by Gasteiger charge is 2.31. The molecule has 0 amide bonds. The minimum atomic E-state index is -0.248. The van der Waals surface area contributed by atoms with Crippen molar-refractivity contribution in [3.8, 4) is 5.75 Å². The highest BCUT2D eigenvalue weighted by molar-refractivity contribution is 5.40. The van der Waals surface area contributed by atoms with Gasteiger partial charge in [0.15, 0.2) is 11.6 Å². The van der Waals surface area contributed by atoms with Crippen molar-refractivity contribution in [3.05, 3.63) is 29.6 Å². The average Bonchev–Trinajstić information content (AvgIpc) is 2.88. The minimum Gasteiger partial charge on any atom is -0.488 e. The molecule has 1 atom stereocenters. The molecule has 1 saturated carbocycles. The largest absolute Gasteiger partial charge is 0.488 e. The molecule has 0 bridgehead atoms. The third kappa shape index (κ3) is 1.28. The molecular formula is C11H12FNO. The summed E-state index contributed by atoms with van der Waals surface area (Å²) >= 11 is 0. The van der Waals surface area contributed by atoms with Crippen LogP contribution in [0.1, 0.15) is 24.4 Å². The zero-order chi connectivity index (χ0) is 9.54. The van der Waals surface area contributed by atoms with Crippen LogP contribution in [0, 0.1) is 5.82 Å². The van der Waals surface area contributed by atoms with Crippen molar-refractivity contribution in [2.45, 2.75) is 24.9 Å². The molecule has 0 radical (unpaired) electrons. The van der Waals surface area contributed by atoms with Gasteiger partial charge < -0.3 is 10.1 Å². The molecule has 1 N–H and O–H groups in total. The van der Waals surface area contributed by atoms with Crippen molar-refractivity contribution in [1.29, 1.82) is 0 Å². The van der Waals surface area contributed by atoms with Gasteiger partial charge in [0.1, 0.15) is 6.61 Å². The molecule has 1 unspecified atom stereocenters. The second kappa shape index (κ2) is 2.95. The van der Waals surface area contributed by atoms with E-state index in [1.807, 2.05) is 6.07 Å². The summed E-state index contributed by atoms with van der Waals surface area (Å²) in [5, 5.41) is 3.44. The highest BCUT2D eigenvalue weighted by atomic mass is 19.1. The third-order valence-corrected chi connectivity index (χ3v) is 2.78. The topological polar surface area (TPSA) is 21.3 Å². The SMILES string of the molecule is Fc1cccc2c1OCC2NC1CC1. The van der Waals surface area contributed by atoms with Gasteiger partial charge in [-0.2, -0.15) is 0 Å². The van der Waals surface area contributed by atoms with Gasteiger partial charge in [-0.05, 0) is 18.9 Å². The standard InChI is InChI=1S/C11H12FNO/c12-9-3-1-2-8-10(6-14-11(8)9)13-7-4-5-7/h1-3,7,10,13H,4-6H2. The fraction of sp³-hybridized carbons (Fsp3) is 0.455. The summed E-state index contributed by atoms with van der Waals surface area (Å²) in [7, 11) is 0. The monoisotopic (exact) mass is 193 g/mol. The fourth-order valence-corrected chi connectivity index (χ4v) is 1.88. The molecule has 74 valence electrons. The first-order chi connectivity index (χ1) is 6.84. The lowest BCUT2D eigenvalue weighted by Gasteiger charge is -2.09. The van der Waals surface area contributed by atoms with Crippen LogP contribution < -0.4 is 10.1 Å². The third-order valence-electron chi connectivity index (χ3n) is 2.78. The van der Waals surface area contributed by atoms with Gasteiger partial charge in [-0.25, -0.2) is 4.39 Å². The molecule has 0 saturated heterocycles. The second-order valence-corrected chi connectivity index (χ2v) is 3.96. The van der Waals surface area contributed by atoms with Gasteiger partial charge in [0, 0.05) is 11.6 Å². The molecule has 1 aromatic rings. The zero-order valence-electron chi connectivity index (χ0n) is 7.79. The molecule has 1 aliphatic heterocycles. The minimum absolute atomic E-state index is 0.188. The van der Waals surface area contributed by atoms with E-state index in [1.165, 1.54) is 18.9 Å². The quantitative estimate of drug-likeness (QED) is 0.775. The molecule has 1 heterocycles. The van der Waals surface area contributed by atoms with Crippen LogP contribution in [0.4, 0.5) is 4.39 Å². The van der Waals surface area contributed by atoms with Crippen LogP contribution in [0.5, 0.6) is 5.75 Å². The average molecular weight is 193 g/mol. The van der Waals surface area contributed by atoms with Crippen LogP contribution in [-0.4, -0.2) is 12.6 Å². The van der Waals surface area contributed by atoms with Crippen molar-refractivity contribution in [2.75, 3.05) is 6.61 Å². The molecule has 1 fully saturated rings. The maximum absolute atomic E-state index is 13.3. The van der Waals surface area contributed by atoms with Gasteiger partial charge >= 0.3 is 0 Å². The van der Waals surface area contributed by atoms with Crippen LogP contribution in [0.15, 0.2) is 18.2 Å². The lowest BCUT2D eigenvalue weighted by Crippen LogP contribution is -2.24.